The van der Waals surface area contributed by atoms with Crippen molar-refractivity contribution in [3.63, 3.8) is 0 Å². The van der Waals surface area contributed by atoms with Gasteiger partial charge in [0.2, 0.25) is 5.91 Å². The van der Waals surface area contributed by atoms with Crippen LogP contribution in [0, 0.1) is 0 Å². The van der Waals surface area contributed by atoms with Crippen molar-refractivity contribution in [3.8, 4) is 0 Å². The number of allylic oxidation sites excluding steroid dienone is 1. The lowest BCUT2D eigenvalue weighted by molar-refractivity contribution is -0.359. The molecule has 612 valence electrons. The molecule has 0 aromatic heterocycles. The smallest absolute Gasteiger partial charge is 0.220 e. The average Bonchev–Trinajstić information content (AvgIpc) is 0.791. The summed E-state index contributed by atoms with van der Waals surface area (Å²) in [4.78, 5) is 13.4. The van der Waals surface area contributed by atoms with Crippen LogP contribution in [0.1, 0.15) is 457 Å². The number of hydrogen-bond acceptors (Lipinski definition) is 13. The minimum Gasteiger partial charge on any atom is -0.394 e. The van der Waals surface area contributed by atoms with Gasteiger partial charge in [-0.2, -0.15) is 0 Å². The number of carbonyl (C=O) groups excluding carboxylic acids is 1. The van der Waals surface area contributed by atoms with Crippen molar-refractivity contribution in [2.75, 3.05) is 19.8 Å². The topological polar surface area (TPSA) is 228 Å². The maximum absolute atomic E-state index is 13.4. The molecule has 2 aliphatic heterocycles. The molecule has 0 bridgehead atoms. The molecule has 0 radical (unpaired) electrons. The molecule has 9 N–H and O–H groups in total. The number of aliphatic hydroxyl groups is 8. The van der Waals surface area contributed by atoms with Crippen molar-refractivity contribution >= 4 is 5.91 Å². The largest absolute Gasteiger partial charge is 0.394 e. The van der Waals surface area contributed by atoms with Gasteiger partial charge in [-0.3, -0.25) is 4.79 Å². The molecule has 2 aliphatic rings. The van der Waals surface area contributed by atoms with Crippen molar-refractivity contribution in [2.45, 2.75) is 530 Å². The fourth-order valence-electron chi connectivity index (χ4n) is 15.6. The Balaban J connectivity index is 1.55. The molecule has 0 aromatic carbocycles. The Hall–Kier alpha value is -1.27. The molecule has 2 rings (SSSR count). The van der Waals surface area contributed by atoms with Crippen molar-refractivity contribution in [1.82, 2.24) is 5.32 Å². The van der Waals surface area contributed by atoms with Gasteiger partial charge in [0.25, 0.3) is 0 Å². The third kappa shape index (κ3) is 55.7. The molecule has 2 saturated heterocycles. The number of hydrogen-bond donors (Lipinski definition) is 9. The molecular weight excluding hydrogens is 1290 g/mol. The van der Waals surface area contributed by atoms with E-state index >= 15 is 0 Å². The van der Waals surface area contributed by atoms with E-state index in [0.29, 0.717) is 0 Å². The zero-order chi connectivity index (χ0) is 74.4. The third-order valence-corrected chi connectivity index (χ3v) is 22.7. The number of rotatable bonds is 79. The average molecular weight is 1470 g/mol. The van der Waals surface area contributed by atoms with Gasteiger partial charge in [-0.25, -0.2) is 0 Å². The van der Waals surface area contributed by atoms with Crippen molar-refractivity contribution in [3.05, 3.63) is 12.2 Å². The van der Waals surface area contributed by atoms with Gasteiger partial charge in [-0.15, -0.1) is 0 Å². The second-order valence-electron chi connectivity index (χ2n) is 32.5. The SMILES string of the molecule is CCCCCCCCCCCCCCCCCCCCCCCCCCCCCCC/C=C/C(O)C(COC1OC(CO)C(OC2OC(CO)C(O)C(O)C2O)C(O)C1O)NC(=O)CCCCCCCCCCCCCCCCCCCCCCCCCCCCCCCCCCCCCCCC. The van der Waals surface area contributed by atoms with Crippen LogP contribution >= 0.6 is 0 Å². The standard InChI is InChI=1S/C89H173NO13/c1-3-5-7-9-11-13-15-17-19-21-23-25-27-29-31-33-35-36-37-38-39-40-41-43-45-47-49-51-53-55-57-59-61-63-65-67-69-71-73-81(94)90-77(76-100-88-86(99)84(97)87(80(75-92)102-88)103-89-85(98)83(96)82(95)79(74-91)101-89)78(93)72-70-68-66-64-62-60-58-56-54-52-50-48-46-44-42-34-32-30-28-26-24-22-20-18-16-14-12-10-8-6-4-2/h70,72,77-80,82-89,91-93,95-99H,3-69,71,73-76H2,1-2H3,(H,90,94)/b72-70+. The Bertz CT molecular complexity index is 1780. The molecule has 12 unspecified atom stereocenters. The van der Waals surface area contributed by atoms with Crippen LogP contribution in [0.4, 0.5) is 0 Å². The number of amides is 1. The molecular formula is C89H173NO13. The first-order chi connectivity index (χ1) is 50.6. The number of unbranched alkanes of at least 4 members (excludes halogenated alkanes) is 66. The molecule has 2 heterocycles. The van der Waals surface area contributed by atoms with E-state index in [4.69, 9.17) is 18.9 Å². The van der Waals surface area contributed by atoms with Crippen molar-refractivity contribution in [2.24, 2.45) is 0 Å². The highest BCUT2D eigenvalue weighted by Gasteiger charge is 2.51. The van der Waals surface area contributed by atoms with Gasteiger partial charge in [0.05, 0.1) is 32.0 Å². The van der Waals surface area contributed by atoms with Crippen LogP contribution in [-0.4, -0.2) is 140 Å². The molecule has 14 nitrogen and oxygen atoms in total. The Labute approximate surface area is 635 Å². The van der Waals surface area contributed by atoms with E-state index in [-0.39, 0.29) is 18.9 Å². The van der Waals surface area contributed by atoms with Crippen LogP contribution in [-0.2, 0) is 23.7 Å². The number of nitrogens with one attached hydrogen (secondary N) is 1. The lowest BCUT2D eigenvalue weighted by Gasteiger charge is -2.46. The van der Waals surface area contributed by atoms with E-state index in [1.807, 2.05) is 6.08 Å². The predicted octanol–water partition coefficient (Wildman–Crippen LogP) is 22.0. The predicted molar refractivity (Wildman–Crippen MR) is 429 cm³/mol. The summed E-state index contributed by atoms with van der Waals surface area (Å²) in [6, 6.07) is -0.913. The molecule has 1 amide bonds. The zero-order valence-corrected chi connectivity index (χ0v) is 67.6. The van der Waals surface area contributed by atoms with E-state index in [1.165, 1.54) is 392 Å². The first kappa shape index (κ1) is 97.8. The minimum atomic E-state index is -1.79. The van der Waals surface area contributed by atoms with E-state index < -0.39 is 86.8 Å². The van der Waals surface area contributed by atoms with Gasteiger partial charge < -0.3 is 65.1 Å². The minimum absolute atomic E-state index is 0.227. The Morgan fingerprint density at radius 3 is 0.893 bits per heavy atom. The van der Waals surface area contributed by atoms with E-state index in [9.17, 15) is 45.6 Å². The highest BCUT2D eigenvalue weighted by Crippen LogP contribution is 2.31. The van der Waals surface area contributed by atoms with Crippen LogP contribution in [0.25, 0.3) is 0 Å². The van der Waals surface area contributed by atoms with Crippen LogP contribution in [0.3, 0.4) is 0 Å². The van der Waals surface area contributed by atoms with E-state index in [0.717, 1.165) is 44.9 Å². The lowest BCUT2D eigenvalue weighted by atomic mass is 9.97. The van der Waals surface area contributed by atoms with Gasteiger partial charge in [-0.05, 0) is 19.3 Å². The summed E-state index contributed by atoms with van der Waals surface area (Å²) in [7, 11) is 0. The second-order valence-corrected chi connectivity index (χ2v) is 32.5. The van der Waals surface area contributed by atoms with Crippen LogP contribution in [0.15, 0.2) is 12.2 Å². The van der Waals surface area contributed by atoms with Gasteiger partial charge >= 0.3 is 0 Å². The quantitative estimate of drug-likeness (QED) is 0.0204. The number of carbonyl (C=O) groups is 1. The number of ether oxygens (including phenoxy) is 4. The number of aliphatic hydroxyl groups excluding tert-OH is 8. The third-order valence-electron chi connectivity index (χ3n) is 22.7. The summed E-state index contributed by atoms with van der Waals surface area (Å²) in [5, 5.41) is 87.9. The van der Waals surface area contributed by atoms with Gasteiger partial charge in [0.15, 0.2) is 12.6 Å². The molecule has 12 atom stereocenters. The molecule has 0 aromatic rings. The summed E-state index contributed by atoms with van der Waals surface area (Å²) in [6.07, 6.45) is 79.1. The molecule has 0 aliphatic carbocycles. The molecule has 14 heteroatoms. The Kier molecular flexibility index (Phi) is 69.8. The normalized spacial score (nSPS) is 21.5. The van der Waals surface area contributed by atoms with Crippen LogP contribution in [0.5, 0.6) is 0 Å². The van der Waals surface area contributed by atoms with Crippen molar-refractivity contribution < 1.29 is 64.6 Å². The molecule has 103 heavy (non-hydrogen) atoms. The Morgan fingerprint density at radius 2 is 0.602 bits per heavy atom. The van der Waals surface area contributed by atoms with E-state index in [2.05, 4.69) is 19.2 Å². The lowest BCUT2D eigenvalue weighted by Crippen LogP contribution is -2.65. The maximum Gasteiger partial charge on any atom is 0.220 e. The Morgan fingerprint density at radius 1 is 0.340 bits per heavy atom. The van der Waals surface area contributed by atoms with E-state index in [1.54, 1.807) is 6.08 Å². The van der Waals surface area contributed by atoms with Crippen LogP contribution in [0.2, 0.25) is 0 Å². The summed E-state index contributed by atoms with van der Waals surface area (Å²) < 4.78 is 23.0. The maximum atomic E-state index is 13.4. The fourth-order valence-corrected chi connectivity index (χ4v) is 15.6. The summed E-state index contributed by atoms with van der Waals surface area (Å²) in [6.45, 7) is 2.89. The second kappa shape index (κ2) is 73.5. The summed E-state index contributed by atoms with van der Waals surface area (Å²) in [5.41, 5.74) is 0. The van der Waals surface area contributed by atoms with Crippen molar-refractivity contribution in [1.29, 1.82) is 0 Å². The molecule has 0 saturated carbocycles. The zero-order valence-electron chi connectivity index (χ0n) is 67.6. The van der Waals surface area contributed by atoms with Gasteiger partial charge in [0, 0.05) is 6.42 Å². The molecule has 0 spiro atoms. The summed E-state index contributed by atoms with van der Waals surface area (Å²) >= 11 is 0. The molecule has 2 fully saturated rings. The van der Waals surface area contributed by atoms with Gasteiger partial charge in [0.1, 0.15) is 48.8 Å². The first-order valence-electron chi connectivity index (χ1n) is 45.4. The fraction of sp³-hybridized carbons (Fsp3) is 0.966. The first-order valence-corrected chi connectivity index (χ1v) is 45.4. The highest BCUT2D eigenvalue weighted by atomic mass is 16.7. The highest BCUT2D eigenvalue weighted by molar-refractivity contribution is 5.76. The monoisotopic (exact) mass is 1460 g/mol. The van der Waals surface area contributed by atoms with Gasteiger partial charge in [-0.1, -0.05) is 443 Å². The van der Waals surface area contributed by atoms with Crippen LogP contribution < -0.4 is 5.32 Å². The summed E-state index contributed by atoms with van der Waals surface area (Å²) in [5.74, 6) is -0.227.